The van der Waals surface area contributed by atoms with Crippen molar-refractivity contribution in [2.75, 3.05) is 25.2 Å². The molecule has 5 heteroatoms. The summed E-state index contributed by atoms with van der Waals surface area (Å²) in [6.07, 6.45) is 8.10. The van der Waals surface area contributed by atoms with Crippen LogP contribution in [0.3, 0.4) is 0 Å². The maximum absolute atomic E-state index is 9.56. The van der Waals surface area contributed by atoms with Crippen LogP contribution in [0.4, 0.5) is 11.4 Å². The van der Waals surface area contributed by atoms with Crippen LogP contribution < -0.4 is 20.0 Å². The second kappa shape index (κ2) is 12.6. The molecule has 4 aliphatic rings. The Morgan fingerprint density at radius 1 is 0.766 bits per heavy atom. The second-order valence-corrected chi connectivity index (χ2v) is 19.7. The van der Waals surface area contributed by atoms with Crippen molar-refractivity contribution in [1.29, 1.82) is 5.26 Å². The standard InChI is InChI=1S/C42H48N2O2Si/c1-41(2,3)47(37-11-7-5-8-12-37,38-13-9-6-10-14-38)46-22-21-44(35-17-15-31(30-43)16-18-35)36-19-20-40(45-4)39(26-36)42-27-32-23-33(28-42)25-34(24-32)29-42/h5-20,26,32-34H,21-25,27-29H2,1-4H3. The number of ether oxygens (including phenoxy) is 1. The van der Waals surface area contributed by atoms with Gasteiger partial charge in [0.25, 0.3) is 8.32 Å². The zero-order valence-electron chi connectivity index (χ0n) is 28.4. The summed E-state index contributed by atoms with van der Waals surface area (Å²) in [4.78, 5) is 2.39. The number of rotatable bonds is 10. The van der Waals surface area contributed by atoms with E-state index in [-0.39, 0.29) is 10.5 Å². The molecule has 0 atom stereocenters. The van der Waals surface area contributed by atoms with Gasteiger partial charge in [-0.1, -0.05) is 81.4 Å². The van der Waals surface area contributed by atoms with Gasteiger partial charge in [0, 0.05) is 23.5 Å². The molecule has 8 rings (SSSR count). The van der Waals surface area contributed by atoms with Crippen LogP contribution in [0.2, 0.25) is 5.04 Å². The molecule has 4 fully saturated rings. The predicted molar refractivity (Wildman–Crippen MR) is 195 cm³/mol. The summed E-state index contributed by atoms with van der Waals surface area (Å²) in [5.74, 6) is 3.58. The van der Waals surface area contributed by atoms with Crippen molar-refractivity contribution in [3.05, 3.63) is 114 Å². The van der Waals surface area contributed by atoms with Gasteiger partial charge in [-0.05, 0) is 120 Å². The van der Waals surface area contributed by atoms with E-state index in [1.807, 2.05) is 19.2 Å². The van der Waals surface area contributed by atoms with Crippen molar-refractivity contribution >= 4 is 30.1 Å². The fourth-order valence-corrected chi connectivity index (χ4v) is 14.4. The highest BCUT2D eigenvalue weighted by Crippen LogP contribution is 2.62. The highest BCUT2D eigenvalue weighted by atomic mass is 28.4. The second-order valence-electron chi connectivity index (χ2n) is 15.4. The average Bonchev–Trinajstić information content (AvgIpc) is 3.08. The number of hydrogen-bond acceptors (Lipinski definition) is 4. The summed E-state index contributed by atoms with van der Waals surface area (Å²) in [6, 6.07) is 38.9. The first kappa shape index (κ1) is 31.7. The average molecular weight is 641 g/mol. The van der Waals surface area contributed by atoms with E-state index in [9.17, 15) is 5.26 Å². The van der Waals surface area contributed by atoms with Gasteiger partial charge in [0.05, 0.1) is 25.3 Å². The molecule has 242 valence electrons. The lowest BCUT2D eigenvalue weighted by molar-refractivity contribution is -0.00613. The first-order valence-electron chi connectivity index (χ1n) is 17.5. The molecule has 0 unspecified atom stereocenters. The Kier molecular flexibility index (Phi) is 8.53. The van der Waals surface area contributed by atoms with E-state index in [2.05, 4.69) is 123 Å². The third kappa shape index (κ3) is 5.81. The topological polar surface area (TPSA) is 45.5 Å². The maximum Gasteiger partial charge on any atom is 0.261 e. The molecule has 0 amide bonds. The van der Waals surface area contributed by atoms with Gasteiger partial charge in [0.15, 0.2) is 0 Å². The van der Waals surface area contributed by atoms with Gasteiger partial charge in [-0.25, -0.2) is 0 Å². The third-order valence-corrected chi connectivity index (χ3v) is 16.5. The van der Waals surface area contributed by atoms with Crippen LogP contribution in [0.15, 0.2) is 103 Å². The van der Waals surface area contributed by atoms with Gasteiger partial charge >= 0.3 is 0 Å². The molecule has 0 aliphatic heterocycles. The van der Waals surface area contributed by atoms with Crippen LogP contribution >= 0.6 is 0 Å². The smallest absolute Gasteiger partial charge is 0.261 e. The van der Waals surface area contributed by atoms with Crippen molar-refractivity contribution in [2.24, 2.45) is 17.8 Å². The number of anilines is 2. The number of benzene rings is 4. The SMILES string of the molecule is COc1ccc(N(CCO[Si](c2ccccc2)(c2ccccc2)C(C)(C)C)c2ccc(C#N)cc2)cc1C12CC3CC(CC(C3)C1)C2. The zero-order chi connectivity index (χ0) is 32.6. The molecule has 4 aliphatic carbocycles. The molecule has 4 aromatic carbocycles. The number of nitriles is 1. The Hall–Kier alpha value is -3.85. The molecule has 4 bridgehead atoms. The minimum absolute atomic E-state index is 0.0965. The first-order valence-corrected chi connectivity index (χ1v) is 19.4. The van der Waals surface area contributed by atoms with Crippen molar-refractivity contribution in [3.63, 3.8) is 0 Å². The Bertz CT molecular complexity index is 1650. The summed E-state index contributed by atoms with van der Waals surface area (Å²) in [5.41, 5.74) is 4.49. The highest BCUT2D eigenvalue weighted by Gasteiger charge is 2.53. The lowest BCUT2D eigenvalue weighted by atomic mass is 9.48. The van der Waals surface area contributed by atoms with Gasteiger partial charge < -0.3 is 14.1 Å². The van der Waals surface area contributed by atoms with Crippen LogP contribution in [0, 0.1) is 29.1 Å². The number of hydrogen-bond donors (Lipinski definition) is 0. The van der Waals surface area contributed by atoms with Crippen LogP contribution in [0.1, 0.15) is 70.4 Å². The Labute approximate surface area is 282 Å². The molecule has 0 radical (unpaired) electrons. The molecule has 4 aromatic rings. The molecule has 0 spiro atoms. The molecule has 0 aromatic heterocycles. The molecule has 0 heterocycles. The molecule has 4 nitrogen and oxygen atoms in total. The van der Waals surface area contributed by atoms with Gasteiger partial charge in [-0.3, -0.25) is 0 Å². The summed E-state index contributed by atoms with van der Waals surface area (Å²) >= 11 is 0. The first-order chi connectivity index (χ1) is 22.7. The van der Waals surface area contributed by atoms with Gasteiger partial charge in [0.1, 0.15) is 5.75 Å². The maximum atomic E-state index is 9.56. The van der Waals surface area contributed by atoms with E-state index in [4.69, 9.17) is 9.16 Å². The molecule has 4 saturated carbocycles. The monoisotopic (exact) mass is 640 g/mol. The summed E-state index contributed by atoms with van der Waals surface area (Å²) in [5, 5.41) is 12.0. The Morgan fingerprint density at radius 3 is 1.79 bits per heavy atom. The van der Waals surface area contributed by atoms with Crippen LogP contribution in [0.5, 0.6) is 5.75 Å². The molecular formula is C42H48N2O2Si. The lowest BCUT2D eigenvalue weighted by Gasteiger charge is -2.57. The summed E-state index contributed by atoms with van der Waals surface area (Å²) < 4.78 is 13.5. The van der Waals surface area contributed by atoms with E-state index in [0.29, 0.717) is 18.7 Å². The van der Waals surface area contributed by atoms with E-state index >= 15 is 0 Å². The third-order valence-electron chi connectivity index (χ3n) is 11.5. The van der Waals surface area contributed by atoms with E-state index in [1.54, 1.807) is 0 Å². The van der Waals surface area contributed by atoms with Crippen molar-refractivity contribution < 1.29 is 9.16 Å². The fraction of sp³-hybridized carbons (Fsp3) is 0.405. The largest absolute Gasteiger partial charge is 0.496 e. The predicted octanol–water partition coefficient (Wildman–Crippen LogP) is 8.75. The summed E-state index contributed by atoms with van der Waals surface area (Å²) in [7, 11) is -0.867. The van der Waals surface area contributed by atoms with E-state index in [1.165, 1.54) is 54.5 Å². The minimum Gasteiger partial charge on any atom is -0.496 e. The van der Waals surface area contributed by atoms with E-state index < -0.39 is 8.32 Å². The number of methoxy groups -OCH3 is 1. The quantitative estimate of drug-likeness (QED) is 0.163. The normalized spacial score (nSPS) is 23.3. The van der Waals surface area contributed by atoms with Crippen molar-refractivity contribution in [3.8, 4) is 11.8 Å². The van der Waals surface area contributed by atoms with Gasteiger partial charge in [-0.2, -0.15) is 5.26 Å². The Balaban J connectivity index is 1.27. The van der Waals surface area contributed by atoms with Crippen LogP contribution in [-0.2, 0) is 9.84 Å². The fourth-order valence-electron chi connectivity index (χ4n) is 9.89. The highest BCUT2D eigenvalue weighted by molar-refractivity contribution is 6.99. The van der Waals surface area contributed by atoms with Crippen LogP contribution in [0.25, 0.3) is 0 Å². The van der Waals surface area contributed by atoms with Crippen molar-refractivity contribution in [1.82, 2.24) is 0 Å². The molecule has 47 heavy (non-hydrogen) atoms. The molecule has 0 N–H and O–H groups in total. The van der Waals surface area contributed by atoms with E-state index in [0.717, 1.165) is 34.9 Å². The van der Waals surface area contributed by atoms with Gasteiger partial charge in [0.2, 0.25) is 0 Å². The lowest BCUT2D eigenvalue weighted by Crippen LogP contribution is -2.67. The van der Waals surface area contributed by atoms with Gasteiger partial charge in [-0.15, -0.1) is 0 Å². The summed E-state index contributed by atoms with van der Waals surface area (Å²) in [6.45, 7) is 8.24. The van der Waals surface area contributed by atoms with Crippen LogP contribution in [-0.4, -0.2) is 28.6 Å². The zero-order valence-corrected chi connectivity index (χ0v) is 29.4. The number of nitrogens with zero attached hydrogens (tertiary/aromatic N) is 2. The Morgan fingerprint density at radius 2 is 1.30 bits per heavy atom. The molecular weight excluding hydrogens is 593 g/mol. The minimum atomic E-state index is -2.70. The molecule has 0 saturated heterocycles. The van der Waals surface area contributed by atoms with Crippen molar-refractivity contribution in [2.45, 2.75) is 69.7 Å².